The Bertz CT molecular complexity index is 614. The summed E-state index contributed by atoms with van der Waals surface area (Å²) in [7, 11) is 0. The van der Waals surface area contributed by atoms with Crippen molar-refractivity contribution in [3.05, 3.63) is 54.1 Å². The Balaban J connectivity index is 0.000000853. The van der Waals surface area contributed by atoms with Gasteiger partial charge in [-0.25, -0.2) is 0 Å². The summed E-state index contributed by atoms with van der Waals surface area (Å²) in [5.74, 6) is 0. The Morgan fingerprint density at radius 2 is 1.47 bits per heavy atom. The number of fused-ring (bicyclic) bond motifs is 3. The fourth-order valence-electron chi connectivity index (χ4n) is 2.13. The van der Waals surface area contributed by atoms with E-state index >= 15 is 0 Å². The van der Waals surface area contributed by atoms with Crippen molar-refractivity contribution in [1.29, 1.82) is 0 Å². The molecule has 1 radical (unpaired) electrons. The molecule has 3 aromatic carbocycles. The summed E-state index contributed by atoms with van der Waals surface area (Å²) in [5, 5.41) is 5.47. The summed E-state index contributed by atoms with van der Waals surface area (Å²) in [6, 6.07) is 17.3. The molecule has 0 aliphatic heterocycles. The number of hydrogen-bond acceptors (Lipinski definition) is 0. The van der Waals surface area contributed by atoms with E-state index < -0.39 is 0 Å². The largest absolute Gasteiger partial charge is 3.00 e. The van der Waals surface area contributed by atoms with Crippen molar-refractivity contribution in [1.82, 2.24) is 0 Å². The molecule has 0 saturated heterocycles. The zero-order valence-electron chi connectivity index (χ0n) is 9.37. The van der Waals surface area contributed by atoms with E-state index in [9.17, 15) is 0 Å². The van der Waals surface area contributed by atoms with E-state index in [1.54, 1.807) is 0 Å². The zero-order valence-corrected chi connectivity index (χ0v) is 13.3. The van der Waals surface area contributed by atoms with Gasteiger partial charge in [-0.2, -0.15) is 0 Å². The molecule has 0 amide bonds. The van der Waals surface area contributed by atoms with Gasteiger partial charge in [0, 0.05) is 0 Å². The molecule has 0 fully saturated rings. The maximum absolute atomic E-state index is 2.28. The quantitative estimate of drug-likeness (QED) is 0.416. The standard InChI is InChI=1S/C14H11.2ClH.Zr/c1-10-5-4-8-13-12-7-3-2-6-11(12)9-14(10)13;;;/h2-9H,1H3;2*1H;/q-1;;;+3/p-2. The van der Waals surface area contributed by atoms with Gasteiger partial charge in [-0.1, -0.05) is 43.3 Å². The molecule has 0 saturated carbocycles. The van der Waals surface area contributed by atoms with Crippen LogP contribution in [0.1, 0.15) is 5.56 Å². The molecule has 0 atom stereocenters. The molecule has 3 aromatic rings. The number of halogens is 2. The fraction of sp³-hybridized carbons (Fsp3) is 0.0714. The van der Waals surface area contributed by atoms with Gasteiger partial charge in [0.05, 0.1) is 0 Å². The molecule has 17 heavy (non-hydrogen) atoms. The SMILES string of the molecule is Cc1cccc2c1[cH-]c1ccccc12.[Cl-].[Cl-].[Zr+3]. The van der Waals surface area contributed by atoms with Crippen molar-refractivity contribution in [3.8, 4) is 0 Å². The average Bonchev–Trinajstić information content (AvgIpc) is 2.59. The molecular weight excluding hydrogens is 330 g/mol. The summed E-state index contributed by atoms with van der Waals surface area (Å²) in [6.45, 7) is 2.17. The third kappa shape index (κ3) is 2.79. The third-order valence-corrected chi connectivity index (χ3v) is 2.87. The number of hydrogen-bond donors (Lipinski definition) is 0. The maximum atomic E-state index is 2.28. The minimum Gasteiger partial charge on any atom is -1.00 e. The molecule has 0 heterocycles. The summed E-state index contributed by atoms with van der Waals surface area (Å²) >= 11 is 0. The van der Waals surface area contributed by atoms with Crippen molar-refractivity contribution in [2.75, 3.05) is 0 Å². The average molecular weight is 341 g/mol. The topological polar surface area (TPSA) is 0 Å². The number of benzene rings is 2. The van der Waals surface area contributed by atoms with Crippen LogP contribution in [0.3, 0.4) is 0 Å². The van der Waals surface area contributed by atoms with Crippen molar-refractivity contribution in [3.63, 3.8) is 0 Å². The summed E-state index contributed by atoms with van der Waals surface area (Å²) < 4.78 is 0. The van der Waals surface area contributed by atoms with Crippen LogP contribution >= 0.6 is 0 Å². The Hall–Kier alpha value is -0.227. The first-order valence-electron chi connectivity index (χ1n) is 4.90. The second-order valence-electron chi connectivity index (χ2n) is 3.77. The Kier molecular flexibility index (Phi) is 6.55. The molecule has 0 aliphatic rings. The first-order chi connectivity index (χ1) is 6.86. The molecule has 0 spiro atoms. The van der Waals surface area contributed by atoms with Gasteiger partial charge in [0.25, 0.3) is 0 Å². The number of aryl methyl sites for hydroxylation is 1. The molecule has 0 bridgehead atoms. The minimum atomic E-state index is 0. The van der Waals surface area contributed by atoms with Crippen LogP contribution in [0.4, 0.5) is 0 Å². The maximum Gasteiger partial charge on any atom is 3.00 e. The molecule has 85 valence electrons. The van der Waals surface area contributed by atoms with Crippen LogP contribution in [0.15, 0.2) is 48.5 Å². The summed E-state index contributed by atoms with van der Waals surface area (Å²) in [5.41, 5.74) is 1.36. The van der Waals surface area contributed by atoms with Crippen LogP contribution in [0.2, 0.25) is 0 Å². The van der Waals surface area contributed by atoms with Gasteiger partial charge in [0.1, 0.15) is 0 Å². The van der Waals surface area contributed by atoms with Gasteiger partial charge in [0.2, 0.25) is 0 Å². The fourth-order valence-corrected chi connectivity index (χ4v) is 2.13. The number of rotatable bonds is 0. The molecule has 0 nitrogen and oxygen atoms in total. The van der Waals surface area contributed by atoms with Gasteiger partial charge in [-0.3, -0.25) is 0 Å². The van der Waals surface area contributed by atoms with Crippen LogP contribution in [-0.4, -0.2) is 0 Å². The van der Waals surface area contributed by atoms with E-state index in [2.05, 4.69) is 55.5 Å². The van der Waals surface area contributed by atoms with Crippen LogP contribution in [0.25, 0.3) is 21.5 Å². The van der Waals surface area contributed by atoms with E-state index in [1.165, 1.54) is 27.1 Å². The van der Waals surface area contributed by atoms with E-state index in [4.69, 9.17) is 0 Å². The first kappa shape index (κ1) is 16.8. The van der Waals surface area contributed by atoms with Crippen LogP contribution in [-0.2, 0) is 26.2 Å². The second kappa shape index (κ2) is 6.64. The second-order valence-corrected chi connectivity index (χ2v) is 3.77. The molecule has 0 unspecified atom stereocenters. The normalized spacial score (nSPS) is 9.24. The Labute approximate surface area is 133 Å². The predicted molar refractivity (Wildman–Crippen MR) is 61.8 cm³/mol. The van der Waals surface area contributed by atoms with Crippen molar-refractivity contribution in [2.24, 2.45) is 0 Å². The van der Waals surface area contributed by atoms with Gasteiger partial charge in [-0.05, 0) is 0 Å². The zero-order chi connectivity index (χ0) is 9.54. The van der Waals surface area contributed by atoms with Crippen LogP contribution in [0.5, 0.6) is 0 Å². The Morgan fingerprint density at radius 1 is 0.824 bits per heavy atom. The summed E-state index contributed by atoms with van der Waals surface area (Å²) in [6.07, 6.45) is 0. The molecule has 0 N–H and O–H groups in total. The van der Waals surface area contributed by atoms with Gasteiger partial charge in [-0.15, -0.1) is 39.2 Å². The van der Waals surface area contributed by atoms with E-state index in [-0.39, 0.29) is 51.0 Å². The smallest absolute Gasteiger partial charge is 1.00 e. The molecular formula is C14H11Cl2Zr. The molecule has 0 aromatic heterocycles. The van der Waals surface area contributed by atoms with Crippen LogP contribution in [0, 0.1) is 6.92 Å². The van der Waals surface area contributed by atoms with Gasteiger partial charge in [0.15, 0.2) is 0 Å². The van der Waals surface area contributed by atoms with Crippen LogP contribution < -0.4 is 24.8 Å². The van der Waals surface area contributed by atoms with Gasteiger partial charge < -0.3 is 24.8 Å². The third-order valence-electron chi connectivity index (χ3n) is 2.87. The van der Waals surface area contributed by atoms with E-state index in [0.717, 1.165) is 0 Å². The van der Waals surface area contributed by atoms with Crippen molar-refractivity contribution < 1.29 is 51.0 Å². The molecule has 3 rings (SSSR count). The van der Waals surface area contributed by atoms with Crippen molar-refractivity contribution >= 4 is 21.5 Å². The van der Waals surface area contributed by atoms with Gasteiger partial charge >= 0.3 is 26.2 Å². The predicted octanol–water partition coefficient (Wildman–Crippen LogP) is -1.97. The molecule has 0 aliphatic carbocycles. The van der Waals surface area contributed by atoms with E-state index in [1.807, 2.05) is 0 Å². The Morgan fingerprint density at radius 3 is 2.24 bits per heavy atom. The molecule has 3 heteroatoms. The first-order valence-corrected chi connectivity index (χ1v) is 4.90. The minimum absolute atomic E-state index is 0. The monoisotopic (exact) mass is 339 g/mol. The summed E-state index contributed by atoms with van der Waals surface area (Å²) in [4.78, 5) is 0. The van der Waals surface area contributed by atoms with Crippen molar-refractivity contribution in [2.45, 2.75) is 6.92 Å². The van der Waals surface area contributed by atoms with E-state index in [0.29, 0.717) is 0 Å².